The van der Waals surface area contributed by atoms with E-state index in [0.29, 0.717) is 11.1 Å². The van der Waals surface area contributed by atoms with Gasteiger partial charge < -0.3 is 4.57 Å². The van der Waals surface area contributed by atoms with E-state index in [0.717, 1.165) is 22.5 Å². The van der Waals surface area contributed by atoms with E-state index in [1.54, 1.807) is 24.3 Å². The summed E-state index contributed by atoms with van der Waals surface area (Å²) in [4.78, 5) is 15.0. The Bertz CT molecular complexity index is 4710. The van der Waals surface area contributed by atoms with E-state index in [4.69, 9.17) is 30.0 Å². The van der Waals surface area contributed by atoms with Crippen molar-refractivity contribution in [2.75, 3.05) is 0 Å². The van der Waals surface area contributed by atoms with Gasteiger partial charge in [0.2, 0.25) is 0 Å². The quantitative estimate of drug-likeness (QED) is 0.161. The summed E-state index contributed by atoms with van der Waals surface area (Å²) in [7, 11) is 0. The first-order valence-corrected chi connectivity index (χ1v) is 20.1. The molecule has 12 aromatic rings. The molecular formula is C57H36N4S. The molecule has 0 saturated carbocycles. The molecule has 9 aromatic carbocycles. The molecule has 12 rings (SSSR count). The largest absolute Gasteiger partial charge is 0.309 e. The average Bonchev–Trinajstić information content (AvgIpc) is 2.81. The van der Waals surface area contributed by atoms with Gasteiger partial charge >= 0.3 is 0 Å². The fourth-order valence-electron chi connectivity index (χ4n) is 7.55. The Balaban J connectivity index is 1.23. The van der Waals surface area contributed by atoms with Crippen LogP contribution in [0.3, 0.4) is 0 Å². The number of aromatic nitrogens is 4. The van der Waals surface area contributed by atoms with Crippen molar-refractivity contribution >= 4 is 53.3 Å². The predicted octanol–water partition coefficient (Wildman–Crippen LogP) is 15.3. The maximum atomic E-state index is 9.81. The van der Waals surface area contributed by atoms with Gasteiger partial charge in [-0.1, -0.05) is 176 Å². The second-order valence-corrected chi connectivity index (χ2v) is 15.2. The third kappa shape index (κ3) is 6.26. The monoisotopic (exact) mass is 827 g/mol. The molecule has 0 fully saturated rings. The molecule has 0 aliphatic rings. The number of rotatable bonds is 7. The molecule has 4 nitrogen and oxygen atoms in total. The van der Waals surface area contributed by atoms with Crippen LogP contribution in [0.25, 0.3) is 115 Å². The maximum absolute atomic E-state index is 9.81. The first-order valence-electron chi connectivity index (χ1n) is 28.8. The van der Waals surface area contributed by atoms with Gasteiger partial charge in [-0.3, -0.25) is 0 Å². The molecule has 62 heavy (non-hydrogen) atoms. The minimum absolute atomic E-state index is 0.00192. The van der Waals surface area contributed by atoms with Crippen LogP contribution in [-0.2, 0) is 0 Å². The van der Waals surface area contributed by atoms with Crippen LogP contribution in [0.4, 0.5) is 0 Å². The molecule has 0 aliphatic heterocycles. The van der Waals surface area contributed by atoms with Crippen molar-refractivity contribution in [3.63, 3.8) is 0 Å². The smallest absolute Gasteiger partial charge is 0.166 e. The summed E-state index contributed by atoms with van der Waals surface area (Å²) in [6.07, 6.45) is 0. The molecule has 0 aliphatic carbocycles. The van der Waals surface area contributed by atoms with Crippen LogP contribution in [0.15, 0.2) is 218 Å². The van der Waals surface area contributed by atoms with Crippen molar-refractivity contribution in [3.05, 3.63) is 218 Å². The summed E-state index contributed by atoms with van der Waals surface area (Å²) in [5.41, 5.74) is 1.22. The first kappa shape index (κ1) is 21.5. The highest BCUT2D eigenvalue weighted by atomic mass is 32.1. The summed E-state index contributed by atoms with van der Waals surface area (Å²) in [5, 5.41) is -0.630. The van der Waals surface area contributed by atoms with E-state index in [2.05, 4.69) is 0 Å². The Morgan fingerprint density at radius 1 is 0.371 bits per heavy atom. The highest BCUT2D eigenvalue weighted by Gasteiger charge is 2.21. The average molecular weight is 828 g/mol. The van der Waals surface area contributed by atoms with Crippen LogP contribution >= 0.6 is 11.3 Å². The van der Waals surface area contributed by atoms with Crippen LogP contribution in [0.2, 0.25) is 0 Å². The lowest BCUT2D eigenvalue weighted by molar-refractivity contribution is 1.06. The number of benzene rings is 9. The second kappa shape index (κ2) is 14.9. The van der Waals surface area contributed by atoms with Crippen molar-refractivity contribution < 1.29 is 26.0 Å². The first-order chi connectivity index (χ1) is 38.6. The van der Waals surface area contributed by atoms with Gasteiger partial charge in [0.15, 0.2) is 17.5 Å². The van der Waals surface area contributed by atoms with Crippen LogP contribution in [0, 0.1) is 0 Å². The van der Waals surface area contributed by atoms with Gasteiger partial charge in [0.25, 0.3) is 0 Å². The SMILES string of the molecule is [2H]c1c([2H])c([2H])c(-c2c([2H])c([2H])c3c(c2[2H])c2c([2H])c([2H])c([2H])c([2H])c2n3-c2ccc(-c3c([2H])c([2H])c4c(sc5c([2H])c([2H])c([2H])c([2H])c54)c3[2H])cc2-c2nc(-c3ccccc3)nc(-c3ccc(-c4ccccc4)cc3)n2)c([2H])c1[2H]. The Morgan fingerprint density at radius 3 is 1.73 bits per heavy atom. The van der Waals surface area contributed by atoms with Crippen molar-refractivity contribution in [1.82, 2.24) is 19.5 Å². The Kier molecular flexibility index (Phi) is 5.18. The van der Waals surface area contributed by atoms with E-state index >= 15 is 0 Å². The van der Waals surface area contributed by atoms with E-state index in [9.17, 15) is 11.0 Å². The van der Waals surface area contributed by atoms with E-state index in [1.807, 2.05) is 60.7 Å². The van der Waals surface area contributed by atoms with Crippen LogP contribution < -0.4 is 0 Å². The highest BCUT2D eigenvalue weighted by molar-refractivity contribution is 7.25. The van der Waals surface area contributed by atoms with Crippen LogP contribution in [0.1, 0.15) is 26.0 Å². The number of para-hydroxylation sites is 1. The van der Waals surface area contributed by atoms with Crippen molar-refractivity contribution in [2.45, 2.75) is 0 Å². The zero-order valence-corrected chi connectivity index (χ0v) is 32.8. The standard InChI is InChI=1S/C57H36N4S/c1-4-14-37(15-5-1)39-24-26-41(27-25-39)56-58-55(40-18-8-3-9-19-40)59-57(60-56)49-35-43(44-28-31-47-46-21-11-13-23-53(46)62-54(47)36-44)30-33-52(49)61-50-22-12-10-20-45(50)48-34-42(29-32-51(48)61)38-16-6-2-7-17-38/h1-36H/i2D,6D,7D,10D,11D,12D,13D,16D,17D,20D,21D,22D,23D,28D,29D,31D,32D,34D,36D. The Labute approximate surface area is 389 Å². The molecule has 0 N–H and O–H groups in total. The number of nitrogens with zero attached hydrogens (tertiary/aromatic N) is 4. The number of hydrogen-bond acceptors (Lipinski definition) is 4. The summed E-state index contributed by atoms with van der Waals surface area (Å²) in [6.45, 7) is 0. The molecule has 5 heteroatoms. The summed E-state index contributed by atoms with van der Waals surface area (Å²) >= 11 is 0.880. The fraction of sp³-hybridized carbons (Fsp3) is 0. The van der Waals surface area contributed by atoms with E-state index in [1.165, 1.54) is 22.8 Å². The van der Waals surface area contributed by atoms with Crippen molar-refractivity contribution in [1.29, 1.82) is 0 Å². The predicted molar refractivity (Wildman–Crippen MR) is 260 cm³/mol. The lowest BCUT2D eigenvalue weighted by Crippen LogP contribution is -2.04. The molecule has 0 spiro atoms. The molecule has 0 atom stereocenters. The highest BCUT2D eigenvalue weighted by Crippen LogP contribution is 2.41. The maximum Gasteiger partial charge on any atom is 0.166 e. The molecule has 0 amide bonds. The Hall–Kier alpha value is -7.99. The van der Waals surface area contributed by atoms with E-state index < -0.39 is 114 Å². The number of hydrogen-bond donors (Lipinski definition) is 0. The second-order valence-electron chi connectivity index (χ2n) is 14.1. The number of thiophene rings is 1. The molecule has 3 heterocycles. The summed E-state index contributed by atoms with van der Waals surface area (Å²) in [5.74, 6) is 0.235. The van der Waals surface area contributed by atoms with Crippen molar-refractivity contribution in [3.8, 4) is 73.2 Å². The summed E-state index contributed by atoms with van der Waals surface area (Å²) < 4.78 is 173. The van der Waals surface area contributed by atoms with Gasteiger partial charge in [-0.25, -0.2) is 15.0 Å². The third-order valence-corrected chi connectivity index (χ3v) is 11.5. The summed E-state index contributed by atoms with van der Waals surface area (Å²) in [6, 6.07) is 18.8. The molecule has 3 aromatic heterocycles. The lowest BCUT2D eigenvalue weighted by atomic mass is 9.99. The zero-order valence-electron chi connectivity index (χ0n) is 51.0. The zero-order chi connectivity index (χ0) is 57.5. The lowest BCUT2D eigenvalue weighted by Gasteiger charge is -2.16. The number of fused-ring (bicyclic) bond motifs is 6. The van der Waals surface area contributed by atoms with Crippen molar-refractivity contribution in [2.24, 2.45) is 0 Å². The van der Waals surface area contributed by atoms with Gasteiger partial charge in [0.05, 0.1) is 42.8 Å². The van der Waals surface area contributed by atoms with Gasteiger partial charge in [-0.2, -0.15) is 0 Å². The Morgan fingerprint density at radius 2 is 0.935 bits per heavy atom. The minimum Gasteiger partial charge on any atom is -0.309 e. The molecular weight excluding hydrogens is 773 g/mol. The normalized spacial score (nSPS) is 15.8. The topological polar surface area (TPSA) is 43.6 Å². The minimum atomic E-state index is -0.772. The molecule has 0 unspecified atom stereocenters. The molecule has 0 saturated heterocycles. The van der Waals surface area contributed by atoms with E-state index in [-0.39, 0.29) is 93.9 Å². The molecule has 290 valence electrons. The van der Waals surface area contributed by atoms with Crippen LogP contribution in [-0.4, -0.2) is 19.5 Å². The third-order valence-electron chi connectivity index (χ3n) is 10.5. The van der Waals surface area contributed by atoms with Gasteiger partial charge in [0.1, 0.15) is 0 Å². The molecule has 0 bridgehead atoms. The molecule has 0 radical (unpaired) electrons. The van der Waals surface area contributed by atoms with Crippen LogP contribution in [0.5, 0.6) is 0 Å². The van der Waals surface area contributed by atoms with Gasteiger partial charge in [-0.05, 0) is 75.7 Å². The fourth-order valence-corrected chi connectivity index (χ4v) is 8.52. The van der Waals surface area contributed by atoms with Gasteiger partial charge in [-0.15, -0.1) is 11.3 Å². The van der Waals surface area contributed by atoms with Gasteiger partial charge in [0, 0.05) is 47.6 Å².